The Balaban J connectivity index is 1.43. The second-order valence-electron chi connectivity index (χ2n) is 11.5. The van der Waals surface area contributed by atoms with Crippen LogP contribution in [0.3, 0.4) is 0 Å². The van der Waals surface area contributed by atoms with Crippen molar-refractivity contribution >= 4 is 22.1 Å². The van der Waals surface area contributed by atoms with E-state index in [4.69, 9.17) is 28.4 Å². The van der Waals surface area contributed by atoms with Crippen molar-refractivity contribution in [2.24, 2.45) is 0 Å². The normalized spacial score (nSPS) is 20.7. The zero-order chi connectivity index (χ0) is 34.6. The third-order valence-electron chi connectivity index (χ3n) is 7.63. The van der Waals surface area contributed by atoms with E-state index >= 15 is 0 Å². The van der Waals surface area contributed by atoms with E-state index in [0.29, 0.717) is 0 Å². The lowest BCUT2D eigenvalue weighted by Gasteiger charge is -2.44. The molecule has 5 rings (SSSR count). The molecule has 12 heteroatoms. The number of hydrogen-bond acceptors (Lipinski definition) is 10. The molecular formula is C37H39NO10S. The summed E-state index contributed by atoms with van der Waals surface area (Å²) in [6.07, 6.45) is -7.12. The topological polar surface area (TPSA) is 136 Å². The van der Waals surface area contributed by atoms with Gasteiger partial charge in [0.15, 0.2) is 6.10 Å². The number of amides is 1. The lowest BCUT2D eigenvalue weighted by molar-refractivity contribution is -0.307. The Labute approximate surface area is 286 Å². The van der Waals surface area contributed by atoms with Crippen LogP contribution in [0.25, 0.3) is 0 Å². The number of carbonyl (C=O) groups excluding carboxylic acids is 2. The Hall–Kier alpha value is -4.59. The van der Waals surface area contributed by atoms with Gasteiger partial charge in [0.2, 0.25) is 6.29 Å². The summed E-state index contributed by atoms with van der Waals surface area (Å²) in [5, 5.41) is 0. The number of ether oxygens (including phenoxy) is 6. The number of hydrogen-bond donors (Lipinski definition) is 1. The van der Waals surface area contributed by atoms with Gasteiger partial charge in [0, 0.05) is 6.92 Å². The van der Waals surface area contributed by atoms with E-state index in [1.807, 2.05) is 95.7 Å². The highest BCUT2D eigenvalue weighted by Crippen LogP contribution is 2.31. The van der Waals surface area contributed by atoms with E-state index < -0.39 is 52.8 Å². The first-order chi connectivity index (χ1) is 23.7. The molecule has 5 atom stereocenters. The molecule has 0 spiro atoms. The molecule has 1 fully saturated rings. The predicted octanol–water partition coefficient (Wildman–Crippen LogP) is 5.45. The molecule has 258 valence electrons. The number of sulfonamides is 1. The highest BCUT2D eigenvalue weighted by atomic mass is 32.2. The van der Waals surface area contributed by atoms with E-state index in [2.05, 4.69) is 0 Å². The number of aryl methyl sites for hydroxylation is 1. The number of nitrogens with one attached hydrogen (secondary N) is 1. The highest BCUT2D eigenvalue weighted by Gasteiger charge is 2.51. The predicted molar refractivity (Wildman–Crippen MR) is 178 cm³/mol. The van der Waals surface area contributed by atoms with Gasteiger partial charge in [0.25, 0.3) is 10.0 Å². The minimum absolute atomic E-state index is 0.0323. The summed E-state index contributed by atoms with van der Waals surface area (Å²) in [4.78, 5) is 25.5. The molecule has 1 aliphatic rings. The standard InChI is InChI=1S/C37H39NO10S/c1-26-18-20-31(21-19-26)49(41,42)38-37(40)48-36-35(46-27(2)39)34(45-24-30-16-10-5-11-17-30)33(44-23-29-14-8-4-9-15-29)32(47-36)25-43-22-28-12-6-3-7-13-28/h3-21,32-36H,22-25H2,1-2H3,(H,38,40)/t32-,33+,34+,35-,36+/m1/s1. The number of rotatable bonds is 14. The lowest BCUT2D eigenvalue weighted by Crippen LogP contribution is -2.62. The molecule has 0 saturated carbocycles. The highest BCUT2D eigenvalue weighted by molar-refractivity contribution is 7.90. The zero-order valence-electron chi connectivity index (χ0n) is 27.2. The molecule has 0 aliphatic carbocycles. The van der Waals surface area contributed by atoms with E-state index in [1.54, 1.807) is 19.1 Å². The van der Waals surface area contributed by atoms with Crippen LogP contribution in [0, 0.1) is 6.92 Å². The van der Waals surface area contributed by atoms with Gasteiger partial charge < -0.3 is 28.4 Å². The van der Waals surface area contributed by atoms with Crippen LogP contribution in [0.4, 0.5) is 4.79 Å². The van der Waals surface area contributed by atoms with Crippen LogP contribution in [-0.2, 0) is 63.1 Å². The molecule has 49 heavy (non-hydrogen) atoms. The first-order valence-electron chi connectivity index (χ1n) is 15.7. The second kappa shape index (κ2) is 17.2. The fourth-order valence-corrected chi connectivity index (χ4v) is 6.11. The summed E-state index contributed by atoms with van der Waals surface area (Å²) in [5.74, 6) is -0.705. The van der Waals surface area contributed by atoms with Crippen molar-refractivity contribution in [2.75, 3.05) is 6.61 Å². The Kier molecular flexibility index (Phi) is 12.5. The summed E-state index contributed by atoms with van der Waals surface area (Å²) in [7, 11) is -4.30. The van der Waals surface area contributed by atoms with Crippen molar-refractivity contribution in [3.63, 3.8) is 0 Å². The van der Waals surface area contributed by atoms with Gasteiger partial charge in [-0.1, -0.05) is 109 Å². The monoisotopic (exact) mass is 689 g/mol. The largest absolute Gasteiger partial charge is 0.453 e. The van der Waals surface area contributed by atoms with E-state index in [0.717, 1.165) is 22.3 Å². The van der Waals surface area contributed by atoms with Crippen molar-refractivity contribution in [3.8, 4) is 0 Å². The third-order valence-corrected chi connectivity index (χ3v) is 8.96. The van der Waals surface area contributed by atoms with Crippen LogP contribution in [0.2, 0.25) is 0 Å². The van der Waals surface area contributed by atoms with Crippen molar-refractivity contribution < 1.29 is 46.4 Å². The van der Waals surface area contributed by atoms with E-state index in [-0.39, 0.29) is 31.3 Å². The molecule has 11 nitrogen and oxygen atoms in total. The Morgan fingerprint density at radius 2 is 1.18 bits per heavy atom. The minimum Gasteiger partial charge on any atom is -0.453 e. The fraction of sp³-hybridized carbons (Fsp3) is 0.297. The van der Waals surface area contributed by atoms with Crippen LogP contribution in [0.5, 0.6) is 0 Å². The van der Waals surface area contributed by atoms with Crippen molar-refractivity contribution in [1.82, 2.24) is 4.72 Å². The van der Waals surface area contributed by atoms with Gasteiger partial charge >= 0.3 is 12.1 Å². The summed E-state index contributed by atoms with van der Waals surface area (Å²) in [5.41, 5.74) is 3.46. The van der Waals surface area contributed by atoms with E-state index in [9.17, 15) is 18.0 Å². The van der Waals surface area contributed by atoms with Gasteiger partial charge in [-0.05, 0) is 35.7 Å². The van der Waals surface area contributed by atoms with Gasteiger partial charge in [-0.2, -0.15) is 0 Å². The minimum atomic E-state index is -4.30. The van der Waals surface area contributed by atoms with Crippen LogP contribution in [0.15, 0.2) is 120 Å². The molecule has 1 N–H and O–H groups in total. The van der Waals surface area contributed by atoms with Crippen molar-refractivity contribution in [1.29, 1.82) is 0 Å². The molecule has 0 bridgehead atoms. The Morgan fingerprint density at radius 1 is 0.673 bits per heavy atom. The first kappa shape index (κ1) is 35.7. The average Bonchev–Trinajstić information content (AvgIpc) is 3.09. The smallest absolute Gasteiger partial charge is 0.423 e. The van der Waals surface area contributed by atoms with Crippen LogP contribution < -0.4 is 4.72 Å². The molecular weight excluding hydrogens is 650 g/mol. The molecule has 0 unspecified atom stereocenters. The maximum absolute atomic E-state index is 13.1. The number of benzene rings is 4. The van der Waals surface area contributed by atoms with Gasteiger partial charge in [-0.15, -0.1) is 0 Å². The van der Waals surface area contributed by atoms with Gasteiger partial charge in [-0.3, -0.25) is 4.79 Å². The molecule has 4 aromatic carbocycles. The number of carbonyl (C=O) groups is 2. The number of esters is 1. The molecule has 0 radical (unpaired) electrons. The maximum Gasteiger partial charge on any atom is 0.423 e. The van der Waals surface area contributed by atoms with Gasteiger partial charge in [-0.25, -0.2) is 17.9 Å². The van der Waals surface area contributed by atoms with Gasteiger partial charge in [0.1, 0.15) is 18.3 Å². The second-order valence-corrected chi connectivity index (χ2v) is 13.1. The SMILES string of the molecule is CC(=O)O[C@H]1[C@H](OC(=O)NS(=O)(=O)c2ccc(C)cc2)O[C@H](COCc2ccccc2)[C@H](OCc2ccccc2)[C@@H]1OCc1ccccc1. The maximum atomic E-state index is 13.1. The lowest BCUT2D eigenvalue weighted by atomic mass is 9.98. The van der Waals surface area contributed by atoms with Crippen LogP contribution in [-0.4, -0.2) is 57.8 Å². The summed E-state index contributed by atoms with van der Waals surface area (Å²) >= 11 is 0. The average molecular weight is 690 g/mol. The fourth-order valence-electron chi connectivity index (χ4n) is 5.23. The summed E-state index contributed by atoms with van der Waals surface area (Å²) in [6, 6.07) is 34.3. The quantitative estimate of drug-likeness (QED) is 0.170. The Morgan fingerprint density at radius 3 is 1.71 bits per heavy atom. The van der Waals surface area contributed by atoms with Crippen molar-refractivity contribution in [3.05, 3.63) is 138 Å². The molecule has 4 aromatic rings. The van der Waals surface area contributed by atoms with Crippen LogP contribution in [0.1, 0.15) is 29.2 Å². The third kappa shape index (κ3) is 10.4. The Bertz CT molecular complexity index is 1740. The van der Waals surface area contributed by atoms with Crippen LogP contribution >= 0.6 is 0 Å². The summed E-state index contributed by atoms with van der Waals surface area (Å²) in [6.45, 7) is 3.46. The zero-order valence-corrected chi connectivity index (χ0v) is 28.0. The molecule has 1 aliphatic heterocycles. The van der Waals surface area contributed by atoms with Gasteiger partial charge in [0.05, 0.1) is 31.3 Å². The summed E-state index contributed by atoms with van der Waals surface area (Å²) < 4.78 is 64.2. The molecule has 0 aromatic heterocycles. The van der Waals surface area contributed by atoms with Crippen molar-refractivity contribution in [2.45, 2.75) is 69.3 Å². The first-order valence-corrected chi connectivity index (χ1v) is 17.2. The molecule has 1 saturated heterocycles. The van der Waals surface area contributed by atoms with E-state index in [1.165, 1.54) is 19.1 Å². The molecule has 1 heterocycles. The molecule has 1 amide bonds.